The van der Waals surface area contributed by atoms with Gasteiger partial charge >= 0.3 is 0 Å². The van der Waals surface area contributed by atoms with Crippen LogP contribution >= 0.6 is 0 Å². The Morgan fingerprint density at radius 3 is 2.17 bits per heavy atom. The van der Waals surface area contributed by atoms with Crippen molar-refractivity contribution in [3.63, 3.8) is 0 Å². The molecule has 0 aliphatic heterocycles. The van der Waals surface area contributed by atoms with Crippen LogP contribution < -0.4 is 5.32 Å². The number of aromatic nitrogens is 2. The van der Waals surface area contributed by atoms with Gasteiger partial charge in [0.05, 0.1) is 0 Å². The maximum atomic E-state index is 11.4. The van der Waals surface area contributed by atoms with Crippen molar-refractivity contribution in [2.45, 2.75) is 45.0 Å². The maximum Gasteiger partial charge on any atom is 0.157 e. The predicted molar refractivity (Wildman–Crippen MR) is 71.9 cm³/mol. The first kappa shape index (κ1) is 15.0. The van der Waals surface area contributed by atoms with Crippen molar-refractivity contribution in [1.29, 1.82) is 0 Å². The Hall–Kier alpha value is -1.01. The summed E-state index contributed by atoms with van der Waals surface area (Å²) >= 11 is 0. The third kappa shape index (κ3) is 4.70. The number of sulfone groups is 1. The lowest BCUT2D eigenvalue weighted by atomic mass is 10.1. The van der Waals surface area contributed by atoms with E-state index >= 15 is 0 Å². The summed E-state index contributed by atoms with van der Waals surface area (Å²) < 4.78 is 22.8. The summed E-state index contributed by atoms with van der Waals surface area (Å²) in [5.41, 5.74) is 0.966. The zero-order chi connectivity index (χ0) is 14.0. The van der Waals surface area contributed by atoms with Gasteiger partial charge < -0.3 is 5.32 Å². The highest BCUT2D eigenvalue weighted by atomic mass is 32.2. The molecule has 6 heteroatoms. The molecule has 0 bridgehead atoms. The summed E-state index contributed by atoms with van der Waals surface area (Å²) in [6, 6.07) is 0. The van der Waals surface area contributed by atoms with Crippen LogP contribution in [0.4, 0.5) is 0 Å². The molecule has 0 radical (unpaired) electrons. The van der Waals surface area contributed by atoms with Crippen LogP contribution in [0.2, 0.25) is 0 Å². The lowest BCUT2D eigenvalue weighted by Gasteiger charge is -2.20. The normalized spacial score (nSPS) is 14.5. The Bertz CT molecular complexity index is 489. The second kappa shape index (κ2) is 5.32. The molecule has 102 valence electrons. The van der Waals surface area contributed by atoms with Crippen LogP contribution in [0, 0.1) is 0 Å². The zero-order valence-electron chi connectivity index (χ0n) is 11.6. The maximum absolute atomic E-state index is 11.4. The first-order valence-electron chi connectivity index (χ1n) is 5.84. The number of rotatable bonds is 4. The molecule has 0 aliphatic carbocycles. The summed E-state index contributed by atoms with van der Waals surface area (Å²) in [5.74, 6) is 0.344. The molecule has 0 saturated heterocycles. The van der Waals surface area contributed by atoms with Crippen LogP contribution in [0.25, 0.3) is 0 Å². The fraction of sp³-hybridized carbons (Fsp3) is 0.667. The van der Waals surface area contributed by atoms with Crippen LogP contribution in [-0.2, 0) is 16.4 Å². The van der Waals surface area contributed by atoms with Crippen molar-refractivity contribution in [2.75, 3.05) is 6.26 Å². The second-order valence-electron chi connectivity index (χ2n) is 5.52. The fourth-order valence-electron chi connectivity index (χ4n) is 1.22. The Labute approximate surface area is 109 Å². The predicted octanol–water partition coefficient (Wildman–Crippen LogP) is 1.47. The third-order valence-corrected chi connectivity index (χ3v) is 4.05. The van der Waals surface area contributed by atoms with E-state index in [9.17, 15) is 8.42 Å². The molecule has 0 amide bonds. The highest BCUT2D eigenvalue weighted by Gasteiger charge is 2.19. The van der Waals surface area contributed by atoms with Gasteiger partial charge in [0.25, 0.3) is 0 Å². The smallest absolute Gasteiger partial charge is 0.157 e. The van der Waals surface area contributed by atoms with E-state index < -0.39 is 15.1 Å². The fourth-order valence-corrected chi connectivity index (χ4v) is 1.73. The average Bonchev–Trinajstić information content (AvgIpc) is 2.24. The van der Waals surface area contributed by atoms with Crippen LogP contribution in [-0.4, -0.2) is 30.2 Å². The van der Waals surface area contributed by atoms with Crippen molar-refractivity contribution >= 4 is 9.84 Å². The number of nitrogens with one attached hydrogen (secondary N) is 1. The summed E-state index contributed by atoms with van der Waals surface area (Å²) in [6.07, 6.45) is 4.53. The molecular weight excluding hydrogens is 250 g/mol. The number of hydrogen-bond donors (Lipinski definition) is 1. The van der Waals surface area contributed by atoms with E-state index in [1.807, 2.05) is 0 Å². The second-order valence-corrected chi connectivity index (χ2v) is 7.89. The quantitative estimate of drug-likeness (QED) is 0.898. The summed E-state index contributed by atoms with van der Waals surface area (Å²) in [7, 11) is -3.14. The van der Waals surface area contributed by atoms with Gasteiger partial charge in [-0.05, 0) is 27.7 Å². The van der Waals surface area contributed by atoms with Crippen molar-refractivity contribution in [3.8, 4) is 0 Å². The molecule has 0 aliphatic rings. The van der Waals surface area contributed by atoms with Gasteiger partial charge in [0.1, 0.15) is 11.1 Å². The lowest BCUT2D eigenvalue weighted by Crippen LogP contribution is -2.35. The monoisotopic (exact) mass is 271 g/mol. The Kier molecular flexibility index (Phi) is 4.45. The van der Waals surface area contributed by atoms with Crippen LogP contribution in [0.5, 0.6) is 0 Å². The van der Waals surface area contributed by atoms with E-state index in [1.54, 1.807) is 19.3 Å². The molecule has 1 atom stereocenters. The standard InChI is InChI=1S/C12H21N3O2S/c1-9(18(5,16)17)11-13-6-10(7-14-11)8-15-12(2,3)4/h6-7,9,15H,8H2,1-5H3. The highest BCUT2D eigenvalue weighted by Crippen LogP contribution is 2.16. The molecule has 1 aromatic rings. The van der Waals surface area contributed by atoms with Crippen LogP contribution in [0.3, 0.4) is 0 Å². The van der Waals surface area contributed by atoms with Gasteiger partial charge in [-0.1, -0.05) is 0 Å². The molecule has 1 heterocycles. The molecule has 0 fully saturated rings. The average molecular weight is 271 g/mol. The highest BCUT2D eigenvalue weighted by molar-refractivity contribution is 7.90. The molecule has 5 nitrogen and oxygen atoms in total. The minimum absolute atomic E-state index is 0.0265. The van der Waals surface area contributed by atoms with Gasteiger partial charge in [0.2, 0.25) is 0 Å². The van der Waals surface area contributed by atoms with E-state index in [-0.39, 0.29) is 5.54 Å². The Morgan fingerprint density at radius 1 is 1.28 bits per heavy atom. The van der Waals surface area contributed by atoms with E-state index in [4.69, 9.17) is 0 Å². The van der Waals surface area contributed by atoms with Crippen molar-refractivity contribution < 1.29 is 8.42 Å². The Morgan fingerprint density at radius 2 is 1.78 bits per heavy atom. The molecule has 18 heavy (non-hydrogen) atoms. The van der Waals surface area contributed by atoms with Crippen LogP contribution in [0.15, 0.2) is 12.4 Å². The van der Waals surface area contributed by atoms with Gasteiger partial charge in [-0.2, -0.15) is 0 Å². The first-order valence-corrected chi connectivity index (χ1v) is 7.80. The summed E-state index contributed by atoms with van der Waals surface area (Å²) in [5, 5.41) is 2.65. The minimum Gasteiger partial charge on any atom is -0.308 e. The van der Waals surface area contributed by atoms with Gasteiger partial charge in [-0.25, -0.2) is 18.4 Å². The molecule has 0 spiro atoms. The van der Waals surface area contributed by atoms with Crippen molar-refractivity contribution in [2.24, 2.45) is 0 Å². The topological polar surface area (TPSA) is 72.0 Å². The van der Waals surface area contributed by atoms with E-state index in [0.29, 0.717) is 12.4 Å². The van der Waals surface area contributed by atoms with E-state index in [1.165, 1.54) is 6.26 Å². The van der Waals surface area contributed by atoms with E-state index in [2.05, 4.69) is 36.1 Å². The third-order valence-electron chi connectivity index (χ3n) is 2.55. The van der Waals surface area contributed by atoms with Gasteiger partial charge in [0, 0.05) is 36.3 Å². The first-order chi connectivity index (χ1) is 8.09. The molecular formula is C12H21N3O2S. The molecule has 1 aromatic heterocycles. The summed E-state index contributed by atoms with van der Waals surface area (Å²) in [6.45, 7) is 8.49. The summed E-state index contributed by atoms with van der Waals surface area (Å²) in [4.78, 5) is 8.23. The Balaban J connectivity index is 2.75. The number of nitrogens with zero attached hydrogens (tertiary/aromatic N) is 2. The molecule has 1 rings (SSSR count). The SMILES string of the molecule is CC(c1ncc(CNC(C)(C)C)cn1)S(C)(=O)=O. The molecule has 1 N–H and O–H groups in total. The van der Waals surface area contributed by atoms with Gasteiger partial charge in [-0.3, -0.25) is 0 Å². The zero-order valence-corrected chi connectivity index (χ0v) is 12.4. The number of hydrogen-bond acceptors (Lipinski definition) is 5. The largest absolute Gasteiger partial charge is 0.308 e. The molecule has 0 aromatic carbocycles. The van der Waals surface area contributed by atoms with Crippen LogP contribution in [0.1, 0.15) is 44.3 Å². The molecule has 1 unspecified atom stereocenters. The molecule has 0 saturated carbocycles. The van der Waals surface area contributed by atoms with Gasteiger partial charge in [-0.15, -0.1) is 0 Å². The lowest BCUT2D eigenvalue weighted by molar-refractivity contribution is 0.423. The van der Waals surface area contributed by atoms with Crippen molar-refractivity contribution in [3.05, 3.63) is 23.8 Å². The van der Waals surface area contributed by atoms with Gasteiger partial charge in [0.15, 0.2) is 9.84 Å². The van der Waals surface area contributed by atoms with Crippen molar-refractivity contribution in [1.82, 2.24) is 15.3 Å². The minimum atomic E-state index is -3.14. The van der Waals surface area contributed by atoms with E-state index in [0.717, 1.165) is 5.56 Å².